The fraction of sp³-hybridized carbons (Fsp3) is 1.00. The summed E-state index contributed by atoms with van der Waals surface area (Å²) in [5.41, 5.74) is 0. The number of piperidine rings is 1. The summed E-state index contributed by atoms with van der Waals surface area (Å²) in [7, 11) is 0. The Bertz CT molecular complexity index is 173. The van der Waals surface area contributed by atoms with Crippen molar-refractivity contribution in [1.29, 1.82) is 0 Å². The molecule has 0 bridgehead atoms. The fourth-order valence-corrected chi connectivity index (χ4v) is 2.02. The Kier molecular flexibility index (Phi) is 6.84. The normalized spacial score (nSPS) is 19.5. The highest BCUT2D eigenvalue weighted by atomic mass is 19.3. The molecule has 0 atom stereocenters. The molecule has 0 radical (unpaired) electrons. The first-order valence-corrected chi connectivity index (χ1v) is 6.04. The monoisotopic (exact) mass is 236 g/mol. The molecule has 16 heavy (non-hydrogen) atoms. The van der Waals surface area contributed by atoms with Crippen molar-refractivity contribution in [3.63, 3.8) is 0 Å². The molecule has 0 unspecified atom stereocenters. The van der Waals surface area contributed by atoms with Crippen LogP contribution in [0.1, 0.15) is 19.8 Å². The van der Waals surface area contributed by atoms with Gasteiger partial charge in [0.2, 0.25) is 0 Å². The van der Waals surface area contributed by atoms with Crippen molar-refractivity contribution in [1.82, 2.24) is 10.2 Å². The van der Waals surface area contributed by atoms with Gasteiger partial charge in [-0.15, -0.1) is 0 Å². The van der Waals surface area contributed by atoms with Gasteiger partial charge in [0.1, 0.15) is 6.61 Å². The van der Waals surface area contributed by atoms with Crippen LogP contribution in [0.3, 0.4) is 0 Å². The van der Waals surface area contributed by atoms with Crippen LogP contribution in [0.25, 0.3) is 0 Å². The third kappa shape index (κ3) is 5.72. The van der Waals surface area contributed by atoms with E-state index in [1.807, 2.05) is 0 Å². The Labute approximate surface area is 96.1 Å². The molecule has 1 aliphatic heterocycles. The van der Waals surface area contributed by atoms with Gasteiger partial charge in [-0.25, -0.2) is 8.78 Å². The van der Waals surface area contributed by atoms with E-state index < -0.39 is 13.0 Å². The number of likely N-dealkylation sites (tertiary alicyclic amines) is 1. The summed E-state index contributed by atoms with van der Waals surface area (Å²) < 4.78 is 28.4. The first-order valence-electron chi connectivity index (χ1n) is 6.04. The Morgan fingerprint density at radius 1 is 1.38 bits per heavy atom. The molecule has 1 fully saturated rings. The molecule has 0 aliphatic carbocycles. The SMILES string of the molecule is CCNC1CCN(CCOCC(F)F)CC1. The van der Waals surface area contributed by atoms with Gasteiger partial charge < -0.3 is 15.0 Å². The topological polar surface area (TPSA) is 24.5 Å². The van der Waals surface area contributed by atoms with E-state index in [1.165, 1.54) is 0 Å². The quantitative estimate of drug-likeness (QED) is 0.675. The van der Waals surface area contributed by atoms with Crippen molar-refractivity contribution < 1.29 is 13.5 Å². The van der Waals surface area contributed by atoms with Gasteiger partial charge >= 0.3 is 0 Å². The molecule has 3 nitrogen and oxygen atoms in total. The van der Waals surface area contributed by atoms with Gasteiger partial charge in [0, 0.05) is 12.6 Å². The van der Waals surface area contributed by atoms with Gasteiger partial charge in [0.05, 0.1) is 6.61 Å². The lowest BCUT2D eigenvalue weighted by Gasteiger charge is -2.32. The van der Waals surface area contributed by atoms with Crippen molar-refractivity contribution in [3.05, 3.63) is 0 Å². The van der Waals surface area contributed by atoms with Gasteiger partial charge in [0.15, 0.2) is 0 Å². The van der Waals surface area contributed by atoms with Crippen molar-refractivity contribution in [2.24, 2.45) is 0 Å². The third-order valence-electron chi connectivity index (χ3n) is 2.88. The van der Waals surface area contributed by atoms with Crippen LogP contribution < -0.4 is 5.32 Å². The highest BCUT2D eigenvalue weighted by Gasteiger charge is 2.17. The smallest absolute Gasteiger partial charge is 0.261 e. The lowest BCUT2D eigenvalue weighted by Crippen LogP contribution is -2.43. The molecule has 1 aliphatic rings. The Morgan fingerprint density at radius 2 is 2.06 bits per heavy atom. The lowest BCUT2D eigenvalue weighted by molar-refractivity contribution is 0.00765. The molecule has 5 heteroatoms. The van der Waals surface area contributed by atoms with Crippen molar-refractivity contribution in [3.8, 4) is 0 Å². The zero-order valence-corrected chi connectivity index (χ0v) is 9.92. The first kappa shape index (κ1) is 13.8. The minimum Gasteiger partial charge on any atom is -0.374 e. The second-order valence-electron chi connectivity index (χ2n) is 4.14. The van der Waals surface area contributed by atoms with Crippen LogP contribution in [0.2, 0.25) is 0 Å². The van der Waals surface area contributed by atoms with E-state index in [1.54, 1.807) is 0 Å². The Morgan fingerprint density at radius 3 is 2.62 bits per heavy atom. The summed E-state index contributed by atoms with van der Waals surface area (Å²) in [6.45, 7) is 5.95. The van der Waals surface area contributed by atoms with E-state index in [-0.39, 0.29) is 0 Å². The van der Waals surface area contributed by atoms with Crippen molar-refractivity contribution in [2.45, 2.75) is 32.2 Å². The fourth-order valence-electron chi connectivity index (χ4n) is 2.02. The van der Waals surface area contributed by atoms with Gasteiger partial charge in [-0.1, -0.05) is 6.92 Å². The summed E-state index contributed by atoms with van der Waals surface area (Å²) in [4.78, 5) is 2.28. The van der Waals surface area contributed by atoms with E-state index in [0.29, 0.717) is 12.6 Å². The zero-order valence-electron chi connectivity index (χ0n) is 9.92. The number of nitrogens with one attached hydrogen (secondary N) is 1. The average Bonchev–Trinajstić information content (AvgIpc) is 2.27. The van der Waals surface area contributed by atoms with Crippen LogP contribution in [0.15, 0.2) is 0 Å². The number of ether oxygens (including phenoxy) is 1. The number of alkyl halides is 2. The molecule has 0 saturated carbocycles. The molecule has 1 saturated heterocycles. The molecule has 96 valence electrons. The second kappa shape index (κ2) is 7.92. The number of nitrogens with zero attached hydrogens (tertiary/aromatic N) is 1. The molecule has 0 aromatic carbocycles. The Hall–Kier alpha value is -0.260. The van der Waals surface area contributed by atoms with Crippen molar-refractivity contribution >= 4 is 0 Å². The maximum Gasteiger partial charge on any atom is 0.261 e. The largest absolute Gasteiger partial charge is 0.374 e. The average molecular weight is 236 g/mol. The van der Waals surface area contributed by atoms with Crippen LogP contribution in [-0.2, 0) is 4.74 Å². The van der Waals surface area contributed by atoms with E-state index in [9.17, 15) is 8.78 Å². The molecule has 1 heterocycles. The molecule has 0 amide bonds. The Balaban J connectivity index is 1.99. The predicted octanol–water partition coefficient (Wildman–Crippen LogP) is 1.34. The summed E-state index contributed by atoms with van der Waals surface area (Å²) >= 11 is 0. The second-order valence-corrected chi connectivity index (χ2v) is 4.14. The highest BCUT2D eigenvalue weighted by molar-refractivity contribution is 4.76. The van der Waals surface area contributed by atoms with Crippen LogP contribution in [0, 0.1) is 0 Å². The summed E-state index contributed by atoms with van der Waals surface area (Å²) in [5.74, 6) is 0. The van der Waals surface area contributed by atoms with Crippen LogP contribution >= 0.6 is 0 Å². The molecule has 0 aromatic heterocycles. The van der Waals surface area contributed by atoms with Crippen LogP contribution in [-0.4, -0.2) is 56.8 Å². The summed E-state index contributed by atoms with van der Waals surface area (Å²) in [6, 6.07) is 0.628. The maximum atomic E-state index is 11.8. The van der Waals surface area contributed by atoms with Crippen molar-refractivity contribution in [2.75, 3.05) is 39.4 Å². The van der Waals surface area contributed by atoms with Crippen LogP contribution in [0.5, 0.6) is 0 Å². The summed E-state index contributed by atoms with van der Waals surface area (Å²) in [6.07, 6.45) is -0.0646. The standard InChI is InChI=1S/C11H22F2N2O/c1-2-14-10-3-5-15(6-4-10)7-8-16-9-11(12)13/h10-11,14H,2-9H2,1H3. The molecular weight excluding hydrogens is 214 g/mol. The number of hydrogen-bond acceptors (Lipinski definition) is 3. The van der Waals surface area contributed by atoms with Gasteiger partial charge in [0.25, 0.3) is 6.43 Å². The lowest BCUT2D eigenvalue weighted by atomic mass is 10.1. The molecular formula is C11H22F2N2O. The molecule has 1 N–H and O–H groups in total. The van der Waals surface area contributed by atoms with E-state index in [0.717, 1.165) is 39.0 Å². The van der Waals surface area contributed by atoms with Gasteiger partial charge in [-0.3, -0.25) is 0 Å². The molecule has 1 rings (SSSR count). The minimum absolute atomic E-state index is 0.413. The molecule has 0 aromatic rings. The van der Waals surface area contributed by atoms with Crippen LogP contribution in [0.4, 0.5) is 8.78 Å². The van der Waals surface area contributed by atoms with E-state index >= 15 is 0 Å². The number of rotatable bonds is 7. The van der Waals surface area contributed by atoms with Gasteiger partial charge in [-0.2, -0.15) is 0 Å². The highest BCUT2D eigenvalue weighted by Crippen LogP contribution is 2.09. The first-order chi connectivity index (χ1) is 7.72. The minimum atomic E-state index is -2.35. The molecule has 0 spiro atoms. The van der Waals surface area contributed by atoms with E-state index in [2.05, 4.69) is 17.1 Å². The van der Waals surface area contributed by atoms with Gasteiger partial charge in [-0.05, 0) is 32.5 Å². The predicted molar refractivity (Wildman–Crippen MR) is 60.0 cm³/mol. The third-order valence-corrected chi connectivity index (χ3v) is 2.88. The number of halogens is 2. The number of hydrogen-bond donors (Lipinski definition) is 1. The van der Waals surface area contributed by atoms with E-state index in [4.69, 9.17) is 4.74 Å². The summed E-state index contributed by atoms with van der Waals surface area (Å²) in [5, 5.41) is 3.43. The zero-order chi connectivity index (χ0) is 11.8. The maximum absolute atomic E-state index is 11.8.